The molecule has 0 radical (unpaired) electrons. The molecule has 9 heteroatoms. The molecule has 0 aliphatic heterocycles. The number of benzene rings is 2. The zero-order valence-electron chi connectivity index (χ0n) is 16.0. The summed E-state index contributed by atoms with van der Waals surface area (Å²) in [4.78, 5) is 14.0. The van der Waals surface area contributed by atoms with Crippen molar-refractivity contribution in [2.75, 3.05) is 14.2 Å². The Kier molecular flexibility index (Phi) is 6.38. The number of amides is 1. The molecule has 0 unspecified atom stereocenters. The van der Waals surface area contributed by atoms with Gasteiger partial charge in [0.25, 0.3) is 0 Å². The molecule has 1 aromatic heterocycles. The zero-order chi connectivity index (χ0) is 21.0. The summed E-state index contributed by atoms with van der Waals surface area (Å²) in [6.45, 7) is 0.510. The first-order valence-electron chi connectivity index (χ1n) is 8.86. The van der Waals surface area contributed by atoms with Gasteiger partial charge in [0.2, 0.25) is 5.91 Å². The largest absolute Gasteiger partial charge is 0.497 e. The Bertz CT molecular complexity index is 1060. The summed E-state index contributed by atoms with van der Waals surface area (Å²) in [5.41, 5.74) is 1.35. The smallest absolute Gasteiger partial charge is 0.224 e. The van der Waals surface area contributed by atoms with Gasteiger partial charge in [-0.15, -0.1) is 0 Å². The Morgan fingerprint density at radius 1 is 1.21 bits per heavy atom. The van der Waals surface area contributed by atoms with Crippen LogP contribution in [0, 0.1) is 16.4 Å². The van der Waals surface area contributed by atoms with Crippen LogP contribution in [0.15, 0.2) is 42.5 Å². The van der Waals surface area contributed by atoms with Gasteiger partial charge in [-0.2, -0.15) is 5.10 Å². The second-order valence-electron chi connectivity index (χ2n) is 6.48. The van der Waals surface area contributed by atoms with Crippen LogP contribution in [0.4, 0.5) is 8.78 Å². The van der Waals surface area contributed by atoms with Crippen LogP contribution in [0.2, 0.25) is 0 Å². The van der Waals surface area contributed by atoms with Crippen molar-refractivity contribution < 1.29 is 18.3 Å². The molecule has 2 aromatic carbocycles. The third-order valence-corrected chi connectivity index (χ3v) is 4.80. The minimum atomic E-state index is -0.933. The minimum Gasteiger partial charge on any atom is -0.497 e. The summed E-state index contributed by atoms with van der Waals surface area (Å²) in [5.74, 6) is -0.656. The summed E-state index contributed by atoms with van der Waals surface area (Å²) in [6, 6.07) is 10.9. The van der Waals surface area contributed by atoms with E-state index in [1.165, 1.54) is 11.0 Å². The van der Waals surface area contributed by atoms with Crippen LogP contribution >= 0.6 is 12.2 Å². The quantitative estimate of drug-likeness (QED) is 0.591. The third kappa shape index (κ3) is 4.86. The summed E-state index contributed by atoms with van der Waals surface area (Å²) < 4.78 is 33.7. The Morgan fingerprint density at radius 2 is 1.93 bits per heavy atom. The Morgan fingerprint density at radius 3 is 2.59 bits per heavy atom. The Labute approximate surface area is 171 Å². The van der Waals surface area contributed by atoms with Gasteiger partial charge < -0.3 is 9.64 Å². The van der Waals surface area contributed by atoms with Crippen molar-refractivity contribution in [3.8, 4) is 17.1 Å². The molecule has 29 heavy (non-hydrogen) atoms. The maximum atomic E-state index is 13.4. The average Bonchev–Trinajstić information content (AvgIpc) is 3.09. The Balaban J connectivity index is 1.67. The van der Waals surface area contributed by atoms with Gasteiger partial charge in [-0.3, -0.25) is 14.5 Å². The van der Waals surface area contributed by atoms with Crippen LogP contribution in [0.3, 0.4) is 0 Å². The van der Waals surface area contributed by atoms with E-state index in [1.807, 2.05) is 24.3 Å². The van der Waals surface area contributed by atoms with Crippen LogP contribution in [-0.2, 0) is 17.9 Å². The SMILES string of the molecule is COc1ccc(-c2n[nH]c(=S)n2CCC(=O)N(C)Cc2ccc(F)c(F)c2)cc1. The normalized spacial score (nSPS) is 10.8. The molecule has 0 aliphatic carbocycles. The number of methoxy groups -OCH3 is 1. The highest BCUT2D eigenvalue weighted by Gasteiger charge is 2.14. The number of hydrogen-bond acceptors (Lipinski definition) is 4. The number of rotatable bonds is 7. The lowest BCUT2D eigenvalue weighted by Crippen LogP contribution is -2.27. The molecule has 0 atom stereocenters. The van der Waals surface area contributed by atoms with Crippen molar-refractivity contribution in [1.82, 2.24) is 19.7 Å². The van der Waals surface area contributed by atoms with E-state index in [2.05, 4.69) is 10.2 Å². The number of halogens is 2. The van der Waals surface area contributed by atoms with Gasteiger partial charge in [-0.25, -0.2) is 8.78 Å². The highest BCUT2D eigenvalue weighted by atomic mass is 32.1. The molecule has 3 aromatic rings. The van der Waals surface area contributed by atoms with Crippen molar-refractivity contribution in [2.45, 2.75) is 19.5 Å². The molecule has 1 heterocycles. The van der Waals surface area contributed by atoms with Gasteiger partial charge in [0.1, 0.15) is 5.75 Å². The zero-order valence-corrected chi connectivity index (χ0v) is 16.8. The number of nitrogens with zero attached hydrogens (tertiary/aromatic N) is 3. The molecular weight excluding hydrogens is 398 g/mol. The Hall–Kier alpha value is -3.07. The van der Waals surface area contributed by atoms with Gasteiger partial charge in [-0.1, -0.05) is 6.07 Å². The molecule has 0 aliphatic rings. The number of hydrogen-bond donors (Lipinski definition) is 1. The van der Waals surface area contributed by atoms with Crippen molar-refractivity contribution in [3.05, 3.63) is 64.4 Å². The molecule has 0 spiro atoms. The molecule has 1 N–H and O–H groups in total. The summed E-state index contributed by atoms with van der Waals surface area (Å²) >= 11 is 5.29. The van der Waals surface area contributed by atoms with Crippen molar-refractivity contribution >= 4 is 18.1 Å². The topological polar surface area (TPSA) is 63.1 Å². The number of carbonyl (C=O) groups is 1. The lowest BCUT2D eigenvalue weighted by molar-refractivity contribution is -0.130. The van der Waals surface area contributed by atoms with Crippen LogP contribution in [0.1, 0.15) is 12.0 Å². The maximum Gasteiger partial charge on any atom is 0.224 e. The average molecular weight is 418 g/mol. The monoisotopic (exact) mass is 418 g/mol. The molecular formula is C20H20F2N4O2S. The van der Waals surface area contributed by atoms with Gasteiger partial charge in [-0.05, 0) is 54.2 Å². The van der Waals surface area contributed by atoms with E-state index in [0.29, 0.717) is 22.7 Å². The second kappa shape index (κ2) is 8.95. The van der Waals surface area contributed by atoms with E-state index >= 15 is 0 Å². The molecule has 0 saturated carbocycles. The highest BCUT2D eigenvalue weighted by Crippen LogP contribution is 2.21. The first-order valence-corrected chi connectivity index (χ1v) is 9.27. The number of aromatic amines is 1. The standard InChI is InChI=1S/C20H20F2N4O2S/c1-25(12-13-3-8-16(21)17(22)11-13)18(27)9-10-26-19(23-24-20(26)29)14-4-6-15(28-2)7-5-14/h3-8,11H,9-10,12H2,1-2H3,(H,24,29). The van der Waals surface area contributed by atoms with Gasteiger partial charge in [0, 0.05) is 32.1 Å². The van der Waals surface area contributed by atoms with Crippen LogP contribution in [-0.4, -0.2) is 39.7 Å². The maximum absolute atomic E-state index is 13.4. The molecule has 6 nitrogen and oxygen atoms in total. The fourth-order valence-corrected chi connectivity index (χ4v) is 3.11. The van der Waals surface area contributed by atoms with E-state index in [1.54, 1.807) is 18.7 Å². The minimum absolute atomic E-state index is 0.154. The van der Waals surface area contributed by atoms with Crippen LogP contribution in [0.25, 0.3) is 11.4 Å². The van der Waals surface area contributed by atoms with E-state index in [0.717, 1.165) is 23.4 Å². The number of carbonyl (C=O) groups excluding carboxylic acids is 1. The highest BCUT2D eigenvalue weighted by molar-refractivity contribution is 7.71. The van der Waals surface area contributed by atoms with E-state index in [9.17, 15) is 13.6 Å². The lowest BCUT2D eigenvalue weighted by Gasteiger charge is -2.18. The number of H-pyrrole nitrogens is 1. The molecule has 152 valence electrons. The van der Waals surface area contributed by atoms with Crippen molar-refractivity contribution in [3.63, 3.8) is 0 Å². The van der Waals surface area contributed by atoms with Crippen LogP contribution in [0.5, 0.6) is 5.75 Å². The van der Waals surface area contributed by atoms with Crippen molar-refractivity contribution in [2.24, 2.45) is 0 Å². The molecule has 0 fully saturated rings. The number of nitrogens with one attached hydrogen (secondary N) is 1. The molecule has 0 bridgehead atoms. The molecule has 1 amide bonds. The summed E-state index contributed by atoms with van der Waals surface area (Å²) in [7, 11) is 3.20. The first kappa shape index (κ1) is 20.7. The number of aromatic nitrogens is 3. The summed E-state index contributed by atoms with van der Waals surface area (Å²) in [5, 5.41) is 7.00. The van der Waals surface area contributed by atoms with Gasteiger partial charge in [0.15, 0.2) is 22.2 Å². The fourth-order valence-electron chi connectivity index (χ4n) is 2.88. The number of ether oxygens (including phenoxy) is 1. The molecule has 3 rings (SSSR count). The molecule has 0 saturated heterocycles. The second-order valence-corrected chi connectivity index (χ2v) is 6.87. The fraction of sp³-hybridized carbons (Fsp3) is 0.250. The lowest BCUT2D eigenvalue weighted by atomic mass is 10.2. The first-order chi connectivity index (χ1) is 13.9. The summed E-state index contributed by atoms with van der Waals surface area (Å²) in [6.07, 6.45) is 0.178. The predicted molar refractivity (Wildman–Crippen MR) is 107 cm³/mol. The van der Waals surface area contributed by atoms with E-state index in [-0.39, 0.29) is 18.9 Å². The van der Waals surface area contributed by atoms with Gasteiger partial charge in [0.05, 0.1) is 7.11 Å². The van der Waals surface area contributed by atoms with E-state index < -0.39 is 11.6 Å². The predicted octanol–water partition coefficient (Wildman–Crippen LogP) is 3.94. The van der Waals surface area contributed by atoms with Crippen LogP contribution < -0.4 is 4.74 Å². The van der Waals surface area contributed by atoms with E-state index in [4.69, 9.17) is 17.0 Å². The van der Waals surface area contributed by atoms with Gasteiger partial charge >= 0.3 is 0 Å². The third-order valence-electron chi connectivity index (χ3n) is 4.49. The van der Waals surface area contributed by atoms with Crippen molar-refractivity contribution in [1.29, 1.82) is 0 Å².